The van der Waals surface area contributed by atoms with Gasteiger partial charge in [0.25, 0.3) is 11.8 Å². The van der Waals surface area contributed by atoms with Crippen LogP contribution in [0, 0.1) is 0 Å². The number of rotatable bonds is 7. The minimum absolute atomic E-state index is 0.0308. The lowest BCUT2D eigenvalue weighted by molar-refractivity contribution is -0.150. The molecule has 0 aromatic heterocycles. The van der Waals surface area contributed by atoms with Crippen LogP contribution in [0.1, 0.15) is 13.3 Å². The van der Waals surface area contributed by atoms with Crippen LogP contribution in [0.25, 0.3) is 0 Å². The van der Waals surface area contributed by atoms with Gasteiger partial charge in [-0.15, -0.1) is 23.5 Å². The second kappa shape index (κ2) is 8.70. The van der Waals surface area contributed by atoms with Crippen molar-refractivity contribution in [3.8, 4) is 0 Å². The lowest BCUT2D eigenvalue weighted by Crippen LogP contribution is -2.70. The van der Waals surface area contributed by atoms with E-state index in [0.29, 0.717) is 24.7 Å². The van der Waals surface area contributed by atoms with Gasteiger partial charge in [0.2, 0.25) is 5.71 Å². The summed E-state index contributed by atoms with van der Waals surface area (Å²) in [5.74, 6) is -0.695. The molecule has 1 saturated heterocycles. The van der Waals surface area contributed by atoms with Crippen molar-refractivity contribution in [3.05, 3.63) is 22.9 Å². The first-order valence-corrected chi connectivity index (χ1v) is 10.5. The molecule has 3 heterocycles. The van der Waals surface area contributed by atoms with Gasteiger partial charge in [-0.1, -0.05) is 12.1 Å². The van der Waals surface area contributed by atoms with Crippen LogP contribution in [0.5, 0.6) is 0 Å². The molecule has 2 atom stereocenters. The van der Waals surface area contributed by atoms with Gasteiger partial charge in [0.15, 0.2) is 5.76 Å². The molecule has 3 aliphatic heterocycles. The Kier molecular flexibility index (Phi) is 6.32. The molecule has 0 bridgehead atoms. The van der Waals surface area contributed by atoms with Gasteiger partial charge in [0, 0.05) is 16.9 Å². The molecule has 0 aliphatic carbocycles. The number of nitrogens with zero attached hydrogens (tertiary/aromatic N) is 2. The zero-order valence-corrected chi connectivity index (χ0v) is 16.2. The molecule has 27 heavy (non-hydrogen) atoms. The van der Waals surface area contributed by atoms with Crippen molar-refractivity contribution in [1.82, 2.24) is 10.2 Å². The Balaban J connectivity index is 1.72. The van der Waals surface area contributed by atoms with E-state index in [1.165, 1.54) is 34.5 Å². The Bertz CT molecular complexity index is 736. The standard InChI is InChI=1S/C16H19N3O6S2/c1-2-4-25-18-11(10-8-26-7-5-24-10)13(20)17-12-14(21)19-9(16(22)23)3-6-27-15(12)19/h3,8,12,15H,2,4-7H2,1H3,(H,17,20)(H,22,23)/t12?,15-/m0/s1. The van der Waals surface area contributed by atoms with Gasteiger partial charge in [0.1, 0.15) is 23.7 Å². The van der Waals surface area contributed by atoms with Crippen LogP contribution in [0.15, 0.2) is 28.1 Å². The van der Waals surface area contributed by atoms with E-state index >= 15 is 0 Å². The normalized spacial score (nSPS) is 24.7. The van der Waals surface area contributed by atoms with Crippen molar-refractivity contribution < 1.29 is 29.1 Å². The first-order chi connectivity index (χ1) is 13.0. The van der Waals surface area contributed by atoms with Gasteiger partial charge in [-0.2, -0.15) is 0 Å². The smallest absolute Gasteiger partial charge is 0.352 e. The topological polar surface area (TPSA) is 118 Å². The third-order valence-electron chi connectivity index (χ3n) is 3.90. The molecule has 2 amide bonds. The van der Waals surface area contributed by atoms with Gasteiger partial charge in [-0.25, -0.2) is 4.79 Å². The van der Waals surface area contributed by atoms with E-state index in [-0.39, 0.29) is 11.4 Å². The number of carboxylic acids is 1. The molecule has 2 N–H and O–H groups in total. The Labute approximate surface area is 164 Å². The van der Waals surface area contributed by atoms with Crippen molar-refractivity contribution in [2.45, 2.75) is 24.8 Å². The second-order valence-electron chi connectivity index (χ2n) is 5.75. The van der Waals surface area contributed by atoms with E-state index in [2.05, 4.69) is 10.5 Å². The first kappa shape index (κ1) is 19.6. The third-order valence-corrected chi connectivity index (χ3v) is 5.87. The van der Waals surface area contributed by atoms with E-state index < -0.39 is 29.2 Å². The lowest BCUT2D eigenvalue weighted by Gasteiger charge is -2.48. The summed E-state index contributed by atoms with van der Waals surface area (Å²) in [6.07, 6.45) is 2.22. The highest BCUT2D eigenvalue weighted by Gasteiger charge is 2.53. The number of β-lactam (4-membered cyclic amide) rings is 1. The molecular formula is C16H19N3O6S2. The predicted octanol–water partition coefficient (Wildman–Crippen LogP) is 0.742. The van der Waals surface area contributed by atoms with Crippen LogP contribution in [-0.4, -0.2) is 69.6 Å². The van der Waals surface area contributed by atoms with Crippen molar-refractivity contribution in [2.24, 2.45) is 5.16 Å². The molecular weight excluding hydrogens is 394 g/mol. The Morgan fingerprint density at radius 1 is 1.52 bits per heavy atom. The van der Waals surface area contributed by atoms with Gasteiger partial charge >= 0.3 is 5.97 Å². The first-order valence-electron chi connectivity index (χ1n) is 8.38. The molecule has 1 fully saturated rings. The summed E-state index contributed by atoms with van der Waals surface area (Å²) >= 11 is 2.88. The number of fused-ring (bicyclic) bond motifs is 1. The number of carbonyl (C=O) groups excluding carboxylic acids is 2. The zero-order chi connectivity index (χ0) is 19.4. The largest absolute Gasteiger partial charge is 0.490 e. The molecule has 0 aromatic rings. The number of nitrogens with one attached hydrogen (secondary N) is 1. The molecule has 1 unspecified atom stereocenters. The molecule has 0 aromatic carbocycles. The van der Waals surface area contributed by atoms with Gasteiger partial charge in [-0.05, 0) is 12.5 Å². The average Bonchev–Trinajstić information content (AvgIpc) is 2.69. The minimum atomic E-state index is -1.16. The maximum absolute atomic E-state index is 12.7. The number of carbonyl (C=O) groups is 3. The third kappa shape index (κ3) is 4.08. The van der Waals surface area contributed by atoms with Crippen molar-refractivity contribution >= 4 is 47.0 Å². The minimum Gasteiger partial charge on any atom is -0.490 e. The van der Waals surface area contributed by atoms with Gasteiger partial charge < -0.3 is 20.0 Å². The van der Waals surface area contributed by atoms with Crippen LogP contribution in [-0.2, 0) is 24.0 Å². The number of aliphatic carboxylic acids is 1. The van der Waals surface area contributed by atoms with Crippen LogP contribution in [0.2, 0.25) is 0 Å². The highest BCUT2D eigenvalue weighted by molar-refractivity contribution is 8.02. The van der Waals surface area contributed by atoms with Crippen LogP contribution >= 0.6 is 23.5 Å². The van der Waals surface area contributed by atoms with E-state index in [1.807, 2.05) is 6.92 Å². The van der Waals surface area contributed by atoms with Crippen LogP contribution in [0.4, 0.5) is 0 Å². The summed E-state index contributed by atoms with van der Waals surface area (Å²) in [5.41, 5.74) is -0.0825. The quantitative estimate of drug-likeness (QED) is 0.272. The summed E-state index contributed by atoms with van der Waals surface area (Å²) in [6.45, 7) is 2.70. The fourth-order valence-electron chi connectivity index (χ4n) is 2.64. The molecule has 3 aliphatic rings. The zero-order valence-electron chi connectivity index (χ0n) is 14.5. The maximum Gasteiger partial charge on any atom is 0.352 e. The molecule has 9 nitrogen and oxygen atoms in total. The summed E-state index contributed by atoms with van der Waals surface area (Å²) in [5, 5.41) is 17.0. The van der Waals surface area contributed by atoms with Crippen LogP contribution in [0.3, 0.4) is 0 Å². The van der Waals surface area contributed by atoms with E-state index in [4.69, 9.17) is 9.57 Å². The average molecular weight is 413 g/mol. The number of hydrogen-bond acceptors (Lipinski definition) is 8. The molecule has 0 radical (unpaired) electrons. The van der Waals surface area contributed by atoms with E-state index in [9.17, 15) is 19.5 Å². The molecule has 146 valence electrons. The molecule has 0 saturated carbocycles. The Morgan fingerprint density at radius 2 is 2.33 bits per heavy atom. The van der Waals surface area contributed by atoms with E-state index in [0.717, 1.165) is 12.2 Å². The number of thioether (sulfide) groups is 2. The number of amides is 2. The van der Waals surface area contributed by atoms with Crippen LogP contribution < -0.4 is 5.32 Å². The lowest BCUT2D eigenvalue weighted by atomic mass is 10.0. The molecule has 3 rings (SSSR count). The monoisotopic (exact) mass is 413 g/mol. The Morgan fingerprint density at radius 3 is 3.00 bits per heavy atom. The number of hydrogen-bond donors (Lipinski definition) is 2. The maximum atomic E-state index is 12.7. The van der Waals surface area contributed by atoms with Crippen molar-refractivity contribution in [3.63, 3.8) is 0 Å². The van der Waals surface area contributed by atoms with Gasteiger partial charge in [-0.3, -0.25) is 14.5 Å². The molecule has 0 spiro atoms. The van der Waals surface area contributed by atoms with E-state index in [1.54, 1.807) is 5.41 Å². The number of oxime groups is 1. The summed E-state index contributed by atoms with van der Waals surface area (Å²) in [6, 6.07) is -0.821. The van der Waals surface area contributed by atoms with Gasteiger partial charge in [0.05, 0.1) is 6.61 Å². The fraction of sp³-hybridized carbons (Fsp3) is 0.500. The highest BCUT2D eigenvalue weighted by Crippen LogP contribution is 2.37. The van der Waals surface area contributed by atoms with Crippen molar-refractivity contribution in [2.75, 3.05) is 24.7 Å². The SMILES string of the molecule is CCCON=C(C(=O)NC1C(=O)N2C(C(=O)O)=CCS[C@@H]12)C1=CSCCO1. The second-order valence-corrected chi connectivity index (χ2v) is 7.88. The number of carboxylic acid groups (broad SMARTS) is 1. The fourth-order valence-corrected chi connectivity index (χ4v) is 4.46. The number of ether oxygens (including phenoxy) is 1. The highest BCUT2D eigenvalue weighted by atomic mass is 32.2. The predicted molar refractivity (Wildman–Crippen MR) is 101 cm³/mol. The summed E-state index contributed by atoms with van der Waals surface area (Å²) < 4.78 is 5.49. The Hall–Kier alpha value is -2.14. The summed E-state index contributed by atoms with van der Waals surface area (Å²) in [7, 11) is 0. The van der Waals surface area contributed by atoms with Crippen molar-refractivity contribution in [1.29, 1.82) is 0 Å². The summed E-state index contributed by atoms with van der Waals surface area (Å²) in [4.78, 5) is 42.7. The molecule has 11 heteroatoms.